The van der Waals surface area contributed by atoms with Crippen molar-refractivity contribution < 1.29 is 24.2 Å². The van der Waals surface area contributed by atoms with Crippen LogP contribution in [0.4, 0.5) is 5.69 Å². The van der Waals surface area contributed by atoms with Gasteiger partial charge in [-0.15, -0.1) is 0 Å². The zero-order chi connectivity index (χ0) is 18.0. The molecule has 2 fully saturated rings. The minimum absolute atomic E-state index is 0.0832. The molecule has 0 bridgehead atoms. The average molecular weight is 346 g/mol. The van der Waals surface area contributed by atoms with Crippen LogP contribution in [0, 0.1) is 11.8 Å². The summed E-state index contributed by atoms with van der Waals surface area (Å²) in [5, 5.41) is 12.0. The van der Waals surface area contributed by atoms with E-state index in [1.54, 1.807) is 36.3 Å². The van der Waals surface area contributed by atoms with Crippen LogP contribution in [-0.2, 0) is 14.4 Å². The van der Waals surface area contributed by atoms with Gasteiger partial charge in [0.1, 0.15) is 5.75 Å². The van der Waals surface area contributed by atoms with Crippen molar-refractivity contribution in [1.29, 1.82) is 0 Å². The molecule has 1 aliphatic carbocycles. The fourth-order valence-corrected chi connectivity index (χ4v) is 3.55. The fraction of sp³-hybridized carbons (Fsp3) is 0.500. The lowest BCUT2D eigenvalue weighted by Crippen LogP contribution is -2.39. The van der Waals surface area contributed by atoms with Gasteiger partial charge in [-0.05, 0) is 43.5 Å². The molecule has 1 heterocycles. The Hall–Kier alpha value is -2.57. The molecule has 1 saturated carbocycles. The zero-order valence-electron chi connectivity index (χ0n) is 14.1. The first-order valence-electron chi connectivity index (χ1n) is 8.45. The summed E-state index contributed by atoms with van der Waals surface area (Å²) >= 11 is 0. The van der Waals surface area contributed by atoms with Gasteiger partial charge in [-0.1, -0.05) is 0 Å². The quantitative estimate of drug-likeness (QED) is 0.840. The maximum absolute atomic E-state index is 12.4. The Morgan fingerprint density at radius 2 is 1.92 bits per heavy atom. The summed E-state index contributed by atoms with van der Waals surface area (Å²) in [6.45, 7) is 0.339. The second-order valence-electron chi connectivity index (χ2n) is 6.66. The third kappa shape index (κ3) is 3.75. The minimum Gasteiger partial charge on any atom is -0.497 e. The molecule has 7 heteroatoms. The van der Waals surface area contributed by atoms with Gasteiger partial charge >= 0.3 is 5.97 Å². The molecule has 1 aromatic carbocycles. The topological polar surface area (TPSA) is 95.9 Å². The lowest BCUT2D eigenvalue weighted by atomic mass is 10.1. The first-order chi connectivity index (χ1) is 12.0. The third-order valence-electron chi connectivity index (χ3n) is 5.01. The first-order valence-corrected chi connectivity index (χ1v) is 8.45. The van der Waals surface area contributed by atoms with E-state index in [2.05, 4.69) is 5.32 Å². The van der Waals surface area contributed by atoms with Gasteiger partial charge < -0.3 is 20.1 Å². The number of hydrogen-bond acceptors (Lipinski definition) is 4. The summed E-state index contributed by atoms with van der Waals surface area (Å²) in [4.78, 5) is 37.3. The smallest absolute Gasteiger partial charge is 0.306 e. The van der Waals surface area contributed by atoms with Gasteiger partial charge in [0.15, 0.2) is 0 Å². The lowest BCUT2D eigenvalue weighted by Gasteiger charge is -2.18. The van der Waals surface area contributed by atoms with Crippen LogP contribution in [0.3, 0.4) is 0 Å². The summed E-state index contributed by atoms with van der Waals surface area (Å²) in [7, 11) is 1.58. The van der Waals surface area contributed by atoms with E-state index in [9.17, 15) is 14.4 Å². The number of anilines is 1. The zero-order valence-corrected chi connectivity index (χ0v) is 14.1. The molecular weight excluding hydrogens is 324 g/mol. The molecule has 1 aromatic rings. The average Bonchev–Trinajstić information content (AvgIpc) is 3.22. The summed E-state index contributed by atoms with van der Waals surface area (Å²) in [5.41, 5.74) is 0.743. The van der Waals surface area contributed by atoms with Gasteiger partial charge in [-0.25, -0.2) is 0 Å². The van der Waals surface area contributed by atoms with E-state index in [1.165, 1.54) is 0 Å². The van der Waals surface area contributed by atoms with Crippen molar-refractivity contribution in [3.8, 4) is 5.75 Å². The van der Waals surface area contributed by atoms with Gasteiger partial charge in [0.25, 0.3) is 0 Å². The Bertz CT molecular complexity index is 673. The molecule has 25 heavy (non-hydrogen) atoms. The van der Waals surface area contributed by atoms with E-state index in [0.29, 0.717) is 31.6 Å². The maximum Gasteiger partial charge on any atom is 0.306 e. The minimum atomic E-state index is -0.807. The number of ether oxygens (including phenoxy) is 1. The number of aliphatic carboxylic acids is 1. The van der Waals surface area contributed by atoms with Crippen molar-refractivity contribution in [2.45, 2.75) is 31.7 Å². The largest absolute Gasteiger partial charge is 0.497 e. The molecule has 7 nitrogen and oxygen atoms in total. The summed E-state index contributed by atoms with van der Waals surface area (Å²) in [5.74, 6) is -1.14. The molecule has 1 unspecified atom stereocenters. The molecule has 0 spiro atoms. The Morgan fingerprint density at radius 3 is 2.52 bits per heavy atom. The fourth-order valence-electron chi connectivity index (χ4n) is 3.55. The van der Waals surface area contributed by atoms with Gasteiger partial charge in [0, 0.05) is 24.7 Å². The number of nitrogens with zero attached hydrogens (tertiary/aromatic N) is 1. The number of nitrogens with one attached hydrogen (secondary N) is 1. The number of methoxy groups -OCH3 is 1. The second kappa shape index (κ2) is 7.13. The highest BCUT2D eigenvalue weighted by atomic mass is 16.5. The number of rotatable bonds is 5. The van der Waals surface area contributed by atoms with Crippen molar-refractivity contribution in [2.75, 3.05) is 18.6 Å². The van der Waals surface area contributed by atoms with E-state index in [0.717, 1.165) is 5.69 Å². The van der Waals surface area contributed by atoms with Crippen LogP contribution in [-0.4, -0.2) is 42.6 Å². The van der Waals surface area contributed by atoms with E-state index in [-0.39, 0.29) is 30.2 Å². The normalized spacial score (nSPS) is 25.9. The van der Waals surface area contributed by atoms with Gasteiger partial charge in [-0.2, -0.15) is 0 Å². The SMILES string of the molecule is COc1ccc(N2CC(C(=O)N[C@@H]3CC[C@H](C(=O)O)C3)CC2=O)cc1. The van der Waals surface area contributed by atoms with Crippen molar-refractivity contribution in [3.63, 3.8) is 0 Å². The highest BCUT2D eigenvalue weighted by Crippen LogP contribution is 2.29. The third-order valence-corrected chi connectivity index (χ3v) is 5.01. The van der Waals surface area contributed by atoms with Crippen molar-refractivity contribution in [3.05, 3.63) is 24.3 Å². The van der Waals surface area contributed by atoms with Crippen LogP contribution in [0.2, 0.25) is 0 Å². The summed E-state index contributed by atoms with van der Waals surface area (Å²) in [6, 6.07) is 7.04. The molecule has 2 aliphatic rings. The predicted octanol–water partition coefficient (Wildman–Crippen LogP) is 1.42. The van der Waals surface area contributed by atoms with Crippen LogP contribution in [0.25, 0.3) is 0 Å². The number of amides is 2. The lowest BCUT2D eigenvalue weighted by molar-refractivity contribution is -0.141. The van der Waals surface area contributed by atoms with Crippen LogP contribution in [0.5, 0.6) is 5.75 Å². The molecule has 1 aliphatic heterocycles. The first kappa shape index (κ1) is 17.3. The standard InChI is InChI=1S/C18H22N2O5/c1-25-15-6-4-14(5-7-15)20-10-12(9-16(20)21)17(22)19-13-3-2-11(8-13)18(23)24/h4-7,11-13H,2-3,8-10H2,1H3,(H,19,22)(H,23,24)/t11-,12?,13+/m0/s1. The van der Waals surface area contributed by atoms with E-state index in [4.69, 9.17) is 9.84 Å². The predicted molar refractivity (Wildman–Crippen MR) is 90.4 cm³/mol. The second-order valence-corrected chi connectivity index (χ2v) is 6.66. The van der Waals surface area contributed by atoms with E-state index in [1.807, 2.05) is 0 Å². The Labute approximate surface area is 146 Å². The Balaban J connectivity index is 1.58. The molecule has 0 radical (unpaired) electrons. The molecular formula is C18H22N2O5. The highest BCUT2D eigenvalue weighted by molar-refractivity contribution is 6.00. The molecule has 0 aromatic heterocycles. The number of carboxylic acids is 1. The number of benzene rings is 1. The molecule has 134 valence electrons. The Kier molecular flexibility index (Phi) is 4.92. The number of carboxylic acid groups (broad SMARTS) is 1. The van der Waals surface area contributed by atoms with Gasteiger partial charge in [-0.3, -0.25) is 14.4 Å². The number of hydrogen-bond donors (Lipinski definition) is 2. The number of carbonyl (C=O) groups excluding carboxylic acids is 2. The Morgan fingerprint density at radius 1 is 1.20 bits per heavy atom. The van der Waals surface area contributed by atoms with Crippen molar-refractivity contribution in [2.24, 2.45) is 11.8 Å². The summed E-state index contributed by atoms with van der Waals surface area (Å²) < 4.78 is 5.11. The van der Waals surface area contributed by atoms with Crippen LogP contribution < -0.4 is 15.0 Å². The monoisotopic (exact) mass is 346 g/mol. The molecule has 2 N–H and O–H groups in total. The van der Waals surface area contributed by atoms with Gasteiger partial charge in [0.2, 0.25) is 11.8 Å². The van der Waals surface area contributed by atoms with Crippen LogP contribution >= 0.6 is 0 Å². The number of carbonyl (C=O) groups is 3. The summed E-state index contributed by atoms with van der Waals surface area (Å²) in [6.07, 6.45) is 1.89. The van der Waals surface area contributed by atoms with Crippen molar-refractivity contribution >= 4 is 23.5 Å². The molecule has 3 atom stereocenters. The van der Waals surface area contributed by atoms with Gasteiger partial charge in [0.05, 0.1) is 18.9 Å². The van der Waals surface area contributed by atoms with Crippen molar-refractivity contribution in [1.82, 2.24) is 5.32 Å². The highest BCUT2D eigenvalue weighted by Gasteiger charge is 2.37. The van der Waals surface area contributed by atoms with E-state index < -0.39 is 11.9 Å². The maximum atomic E-state index is 12.4. The molecule has 2 amide bonds. The van der Waals surface area contributed by atoms with E-state index >= 15 is 0 Å². The van der Waals surface area contributed by atoms with Crippen LogP contribution in [0.1, 0.15) is 25.7 Å². The molecule has 3 rings (SSSR count). The molecule has 1 saturated heterocycles. The van der Waals surface area contributed by atoms with Crippen LogP contribution in [0.15, 0.2) is 24.3 Å².